The standard InChI is InChI=1S/C18H25NO4/c1-5-22-16(20)14-11-18(4,17(21)23-12(2)3)19-15(14)13-9-7-6-8-10-13/h6-10,12,14-15,19H,5,11H2,1-4H3/t14-,15-,18?/m0/s1. The first-order valence-electron chi connectivity index (χ1n) is 8.07. The fourth-order valence-electron chi connectivity index (χ4n) is 2.99. The van der Waals surface area contributed by atoms with Gasteiger partial charge in [0.15, 0.2) is 0 Å². The molecule has 0 aliphatic carbocycles. The second-order valence-electron chi connectivity index (χ2n) is 6.38. The van der Waals surface area contributed by atoms with Gasteiger partial charge in [0, 0.05) is 6.04 Å². The predicted molar refractivity (Wildman–Crippen MR) is 86.7 cm³/mol. The summed E-state index contributed by atoms with van der Waals surface area (Å²) in [7, 11) is 0. The molecule has 1 aromatic carbocycles. The molecule has 2 rings (SSSR count). The van der Waals surface area contributed by atoms with Crippen molar-refractivity contribution >= 4 is 11.9 Å². The summed E-state index contributed by atoms with van der Waals surface area (Å²) in [5, 5.41) is 3.30. The fourth-order valence-corrected chi connectivity index (χ4v) is 2.99. The number of esters is 2. The quantitative estimate of drug-likeness (QED) is 0.845. The Morgan fingerprint density at radius 1 is 1.30 bits per heavy atom. The Morgan fingerprint density at radius 2 is 1.96 bits per heavy atom. The van der Waals surface area contributed by atoms with E-state index in [-0.39, 0.29) is 24.1 Å². The molecule has 0 saturated carbocycles. The second kappa shape index (κ2) is 7.13. The van der Waals surface area contributed by atoms with E-state index in [2.05, 4.69) is 5.32 Å². The summed E-state index contributed by atoms with van der Waals surface area (Å²) in [6.45, 7) is 7.52. The maximum absolute atomic E-state index is 12.4. The summed E-state index contributed by atoms with van der Waals surface area (Å²) in [5.41, 5.74) is 0.0639. The molecule has 1 aliphatic rings. The van der Waals surface area contributed by atoms with Crippen molar-refractivity contribution in [3.05, 3.63) is 35.9 Å². The minimum Gasteiger partial charge on any atom is -0.466 e. The molecule has 1 fully saturated rings. The highest BCUT2D eigenvalue weighted by atomic mass is 16.5. The Morgan fingerprint density at radius 3 is 2.52 bits per heavy atom. The van der Waals surface area contributed by atoms with Crippen LogP contribution in [0.1, 0.15) is 45.7 Å². The van der Waals surface area contributed by atoms with Crippen LogP contribution in [0.3, 0.4) is 0 Å². The molecular formula is C18H25NO4. The minimum absolute atomic E-state index is 0.196. The third-order valence-corrected chi connectivity index (χ3v) is 4.05. The molecule has 3 atom stereocenters. The average Bonchev–Trinajstić information content (AvgIpc) is 2.87. The molecule has 1 unspecified atom stereocenters. The average molecular weight is 319 g/mol. The largest absolute Gasteiger partial charge is 0.466 e. The first-order chi connectivity index (χ1) is 10.9. The van der Waals surface area contributed by atoms with Crippen LogP contribution in [0, 0.1) is 5.92 Å². The topological polar surface area (TPSA) is 64.6 Å². The number of ether oxygens (including phenoxy) is 2. The first-order valence-corrected chi connectivity index (χ1v) is 8.07. The van der Waals surface area contributed by atoms with E-state index in [1.54, 1.807) is 13.8 Å². The molecule has 0 aromatic heterocycles. The van der Waals surface area contributed by atoms with E-state index in [9.17, 15) is 9.59 Å². The van der Waals surface area contributed by atoms with Crippen LogP contribution in [-0.2, 0) is 19.1 Å². The van der Waals surface area contributed by atoms with E-state index < -0.39 is 11.5 Å². The van der Waals surface area contributed by atoms with E-state index in [1.165, 1.54) is 0 Å². The van der Waals surface area contributed by atoms with Crippen molar-refractivity contribution < 1.29 is 19.1 Å². The van der Waals surface area contributed by atoms with Gasteiger partial charge in [-0.15, -0.1) is 0 Å². The number of hydrogen-bond donors (Lipinski definition) is 1. The van der Waals surface area contributed by atoms with Gasteiger partial charge < -0.3 is 9.47 Å². The van der Waals surface area contributed by atoms with Gasteiger partial charge in [-0.25, -0.2) is 0 Å². The van der Waals surface area contributed by atoms with Crippen LogP contribution in [0.25, 0.3) is 0 Å². The summed E-state index contributed by atoms with van der Waals surface area (Å²) < 4.78 is 10.6. The highest BCUT2D eigenvalue weighted by Gasteiger charge is 2.51. The first kappa shape index (κ1) is 17.5. The van der Waals surface area contributed by atoms with Crippen LogP contribution in [0.5, 0.6) is 0 Å². The molecule has 5 heteroatoms. The third kappa shape index (κ3) is 3.91. The van der Waals surface area contributed by atoms with E-state index in [1.807, 2.05) is 44.2 Å². The SMILES string of the molecule is CCOC(=O)[C@H]1CC(C)(C(=O)OC(C)C)N[C@H]1c1ccccc1. The van der Waals surface area contributed by atoms with E-state index >= 15 is 0 Å². The molecule has 23 heavy (non-hydrogen) atoms. The lowest BCUT2D eigenvalue weighted by Crippen LogP contribution is -2.47. The molecule has 0 spiro atoms. The number of nitrogens with one attached hydrogen (secondary N) is 1. The van der Waals surface area contributed by atoms with Gasteiger partial charge in [-0.2, -0.15) is 0 Å². The fraction of sp³-hybridized carbons (Fsp3) is 0.556. The Bertz CT molecular complexity index is 557. The lowest BCUT2D eigenvalue weighted by molar-refractivity contribution is -0.154. The molecule has 0 bridgehead atoms. The van der Waals surface area contributed by atoms with Gasteiger partial charge in [-0.1, -0.05) is 30.3 Å². The van der Waals surface area contributed by atoms with E-state index in [4.69, 9.17) is 9.47 Å². The van der Waals surface area contributed by atoms with Crippen LogP contribution in [0.2, 0.25) is 0 Å². The van der Waals surface area contributed by atoms with Gasteiger partial charge in [0.05, 0.1) is 18.6 Å². The number of benzene rings is 1. The summed E-state index contributed by atoms with van der Waals surface area (Å²) >= 11 is 0. The molecule has 0 amide bonds. The van der Waals surface area contributed by atoms with Gasteiger partial charge in [-0.05, 0) is 39.7 Å². The number of hydrogen-bond acceptors (Lipinski definition) is 5. The van der Waals surface area contributed by atoms with E-state index in [0.29, 0.717) is 13.0 Å². The Labute approximate surface area is 137 Å². The second-order valence-corrected chi connectivity index (χ2v) is 6.38. The summed E-state index contributed by atoms with van der Waals surface area (Å²) in [6, 6.07) is 9.39. The van der Waals surface area contributed by atoms with E-state index in [0.717, 1.165) is 5.56 Å². The highest BCUT2D eigenvalue weighted by Crippen LogP contribution is 2.39. The molecule has 1 aliphatic heterocycles. The molecule has 1 saturated heterocycles. The smallest absolute Gasteiger partial charge is 0.326 e. The summed E-state index contributed by atoms with van der Waals surface area (Å²) in [4.78, 5) is 24.8. The monoisotopic (exact) mass is 319 g/mol. The third-order valence-electron chi connectivity index (χ3n) is 4.05. The zero-order chi connectivity index (χ0) is 17.0. The Kier molecular flexibility index (Phi) is 5.42. The molecule has 1 N–H and O–H groups in total. The van der Waals surface area contributed by atoms with Gasteiger partial charge in [0.25, 0.3) is 0 Å². The molecule has 1 heterocycles. The summed E-state index contributed by atoms with van der Waals surface area (Å²) in [6.07, 6.45) is 0.162. The van der Waals surface area contributed by atoms with Gasteiger partial charge in [-0.3, -0.25) is 14.9 Å². The Hall–Kier alpha value is -1.88. The van der Waals surface area contributed by atoms with Gasteiger partial charge in [0.1, 0.15) is 5.54 Å². The number of rotatable bonds is 5. The lowest BCUT2D eigenvalue weighted by atomic mass is 9.90. The van der Waals surface area contributed by atoms with Crippen molar-refractivity contribution in [2.45, 2.75) is 51.8 Å². The van der Waals surface area contributed by atoms with Crippen molar-refractivity contribution in [1.29, 1.82) is 0 Å². The summed E-state index contributed by atoms with van der Waals surface area (Å²) in [5.74, 6) is -1.03. The van der Waals surface area contributed by atoms with Crippen LogP contribution < -0.4 is 5.32 Å². The minimum atomic E-state index is -0.901. The van der Waals surface area contributed by atoms with Crippen molar-refractivity contribution in [3.63, 3.8) is 0 Å². The lowest BCUT2D eigenvalue weighted by Gasteiger charge is -2.25. The van der Waals surface area contributed by atoms with Crippen molar-refractivity contribution in [2.24, 2.45) is 5.92 Å². The maximum atomic E-state index is 12.4. The zero-order valence-corrected chi connectivity index (χ0v) is 14.2. The molecule has 1 aromatic rings. The van der Waals surface area contributed by atoms with Crippen LogP contribution in [0.15, 0.2) is 30.3 Å². The number of carbonyl (C=O) groups is 2. The van der Waals surface area contributed by atoms with Gasteiger partial charge in [0.2, 0.25) is 0 Å². The van der Waals surface area contributed by atoms with Crippen LogP contribution >= 0.6 is 0 Å². The van der Waals surface area contributed by atoms with Crippen molar-refractivity contribution in [2.75, 3.05) is 6.61 Å². The van der Waals surface area contributed by atoms with Crippen LogP contribution in [-0.4, -0.2) is 30.2 Å². The maximum Gasteiger partial charge on any atom is 0.326 e. The highest BCUT2D eigenvalue weighted by molar-refractivity contribution is 5.84. The molecule has 0 radical (unpaired) electrons. The van der Waals surface area contributed by atoms with Crippen molar-refractivity contribution in [3.8, 4) is 0 Å². The number of carbonyl (C=O) groups excluding carboxylic acids is 2. The normalized spacial score (nSPS) is 27.0. The predicted octanol–water partition coefficient (Wildman–Crippen LogP) is 2.61. The molecule has 5 nitrogen and oxygen atoms in total. The molecule has 126 valence electrons. The molecular weight excluding hydrogens is 294 g/mol. The Balaban J connectivity index is 2.28. The van der Waals surface area contributed by atoms with Crippen LogP contribution in [0.4, 0.5) is 0 Å². The van der Waals surface area contributed by atoms with Gasteiger partial charge >= 0.3 is 11.9 Å². The van der Waals surface area contributed by atoms with Crippen molar-refractivity contribution in [1.82, 2.24) is 5.32 Å². The zero-order valence-electron chi connectivity index (χ0n) is 14.2.